The van der Waals surface area contributed by atoms with Gasteiger partial charge in [0.2, 0.25) is 11.1 Å². The molecule has 1 N–H and O–H groups in total. The van der Waals surface area contributed by atoms with Crippen LogP contribution in [0.4, 0.5) is 4.79 Å². The molecule has 0 saturated carbocycles. The third-order valence-electron chi connectivity index (χ3n) is 3.54. The quantitative estimate of drug-likeness (QED) is 0.840. The number of carbonyl (C=O) groups excluding carboxylic acids is 2. The fourth-order valence-electron chi connectivity index (χ4n) is 2.31. The average Bonchev–Trinajstić information content (AvgIpc) is 3.16. The van der Waals surface area contributed by atoms with Crippen LogP contribution in [-0.4, -0.2) is 55.4 Å². The van der Waals surface area contributed by atoms with Crippen molar-refractivity contribution in [2.75, 3.05) is 13.1 Å². The van der Waals surface area contributed by atoms with Crippen molar-refractivity contribution in [3.63, 3.8) is 0 Å². The lowest BCUT2D eigenvalue weighted by Gasteiger charge is -2.17. The molecular weight excluding hydrogens is 316 g/mol. The number of aryl methyl sites for hydroxylation is 1. The lowest BCUT2D eigenvalue weighted by atomic mass is 10.2. The second-order valence-electron chi connectivity index (χ2n) is 5.14. The Morgan fingerprint density at radius 3 is 2.87 bits per heavy atom. The highest BCUT2D eigenvalue weighted by molar-refractivity contribution is 8.00. The van der Waals surface area contributed by atoms with Gasteiger partial charge in [-0.2, -0.15) is 4.68 Å². The Morgan fingerprint density at radius 1 is 1.39 bits per heavy atom. The summed E-state index contributed by atoms with van der Waals surface area (Å²) in [5.74, 6) is -0.246. The topological polar surface area (TPSA) is 93.0 Å². The van der Waals surface area contributed by atoms with Crippen molar-refractivity contribution in [3.8, 4) is 5.69 Å². The Kier molecular flexibility index (Phi) is 4.28. The molecule has 1 aromatic carbocycles. The maximum atomic E-state index is 12.4. The number of benzene rings is 1. The van der Waals surface area contributed by atoms with Gasteiger partial charge in [0.05, 0.1) is 10.9 Å². The van der Waals surface area contributed by atoms with E-state index < -0.39 is 5.25 Å². The number of amides is 3. The molecule has 9 heteroatoms. The van der Waals surface area contributed by atoms with Crippen LogP contribution >= 0.6 is 11.8 Å². The van der Waals surface area contributed by atoms with Gasteiger partial charge in [0.15, 0.2) is 0 Å². The lowest BCUT2D eigenvalue weighted by Crippen LogP contribution is -2.39. The van der Waals surface area contributed by atoms with Crippen LogP contribution in [0.25, 0.3) is 5.69 Å². The summed E-state index contributed by atoms with van der Waals surface area (Å²) in [5, 5.41) is 14.4. The molecule has 23 heavy (non-hydrogen) atoms. The molecule has 1 aromatic heterocycles. The molecule has 3 amide bonds. The van der Waals surface area contributed by atoms with Gasteiger partial charge in [-0.3, -0.25) is 9.69 Å². The molecule has 3 rings (SSSR count). The third-order valence-corrected chi connectivity index (χ3v) is 4.56. The van der Waals surface area contributed by atoms with E-state index in [2.05, 4.69) is 20.8 Å². The van der Waals surface area contributed by atoms with Crippen molar-refractivity contribution >= 4 is 23.7 Å². The number of carbonyl (C=O) groups is 2. The first kappa shape index (κ1) is 15.5. The first-order valence-electron chi connectivity index (χ1n) is 7.18. The van der Waals surface area contributed by atoms with Gasteiger partial charge in [-0.25, -0.2) is 4.79 Å². The minimum Gasteiger partial charge on any atom is -0.336 e. The van der Waals surface area contributed by atoms with Crippen LogP contribution in [0.5, 0.6) is 0 Å². The summed E-state index contributed by atoms with van der Waals surface area (Å²) in [7, 11) is 0. The number of hydrogen-bond donors (Lipinski definition) is 1. The van der Waals surface area contributed by atoms with Crippen molar-refractivity contribution in [3.05, 3.63) is 29.8 Å². The summed E-state index contributed by atoms with van der Waals surface area (Å²) < 4.78 is 1.60. The molecule has 1 unspecified atom stereocenters. The van der Waals surface area contributed by atoms with Crippen LogP contribution in [0.2, 0.25) is 0 Å². The molecule has 120 valence electrons. The second-order valence-corrected chi connectivity index (χ2v) is 6.45. The molecule has 8 nitrogen and oxygen atoms in total. The van der Waals surface area contributed by atoms with Crippen LogP contribution in [0, 0.1) is 6.92 Å². The van der Waals surface area contributed by atoms with E-state index >= 15 is 0 Å². The van der Waals surface area contributed by atoms with E-state index in [1.165, 1.54) is 16.7 Å². The SMILES string of the molecule is Cc1ccccc1-n1nnnc1SC(C)C(=O)N1CCNC1=O. The normalized spacial score (nSPS) is 15.6. The zero-order chi connectivity index (χ0) is 16.4. The zero-order valence-electron chi connectivity index (χ0n) is 12.8. The number of nitrogens with zero attached hydrogens (tertiary/aromatic N) is 5. The summed E-state index contributed by atoms with van der Waals surface area (Å²) in [6.07, 6.45) is 0. The lowest BCUT2D eigenvalue weighted by molar-refractivity contribution is -0.126. The molecule has 2 heterocycles. The second kappa shape index (κ2) is 6.37. The molecule has 0 radical (unpaired) electrons. The number of thioether (sulfide) groups is 1. The Labute approximate surface area is 137 Å². The van der Waals surface area contributed by atoms with Crippen LogP contribution in [0.3, 0.4) is 0 Å². The van der Waals surface area contributed by atoms with E-state index in [1.54, 1.807) is 11.6 Å². The van der Waals surface area contributed by atoms with Crippen molar-refractivity contribution in [2.24, 2.45) is 0 Å². The van der Waals surface area contributed by atoms with E-state index in [4.69, 9.17) is 0 Å². The molecular formula is C14H16N6O2S. The smallest absolute Gasteiger partial charge is 0.324 e. The van der Waals surface area contributed by atoms with E-state index in [9.17, 15) is 9.59 Å². The number of rotatable bonds is 4. The van der Waals surface area contributed by atoms with Gasteiger partial charge in [0.25, 0.3) is 0 Å². The molecule has 2 aromatic rings. The number of aromatic nitrogens is 4. The van der Waals surface area contributed by atoms with Gasteiger partial charge < -0.3 is 5.32 Å². The Morgan fingerprint density at radius 2 is 2.17 bits per heavy atom. The molecule has 0 spiro atoms. The number of hydrogen-bond acceptors (Lipinski definition) is 6. The van der Waals surface area contributed by atoms with Gasteiger partial charge in [0, 0.05) is 13.1 Å². The van der Waals surface area contributed by atoms with E-state index in [0.717, 1.165) is 11.3 Å². The zero-order valence-corrected chi connectivity index (χ0v) is 13.6. The molecule has 1 fully saturated rings. The highest BCUT2D eigenvalue weighted by atomic mass is 32.2. The fraction of sp³-hybridized carbons (Fsp3) is 0.357. The predicted molar refractivity (Wildman–Crippen MR) is 84.3 cm³/mol. The standard InChI is InChI=1S/C14H16N6O2S/c1-9-5-3-4-6-11(9)20-14(16-17-18-20)23-10(2)12(21)19-8-7-15-13(19)22/h3-6,10H,7-8H2,1-2H3,(H,15,22). The third kappa shape index (κ3) is 3.04. The first-order valence-corrected chi connectivity index (χ1v) is 8.06. The molecule has 1 saturated heterocycles. The number of nitrogens with one attached hydrogen (secondary N) is 1. The van der Waals surface area contributed by atoms with Crippen LogP contribution in [-0.2, 0) is 4.79 Å². The van der Waals surface area contributed by atoms with Crippen molar-refractivity contribution in [1.82, 2.24) is 30.4 Å². The Balaban J connectivity index is 1.79. The van der Waals surface area contributed by atoms with Crippen LogP contribution in [0.15, 0.2) is 29.4 Å². The number of imide groups is 1. The Hall–Kier alpha value is -2.42. The number of para-hydroxylation sites is 1. The number of tetrazole rings is 1. The van der Waals surface area contributed by atoms with Gasteiger partial charge in [-0.1, -0.05) is 30.0 Å². The summed E-state index contributed by atoms with van der Waals surface area (Å²) in [4.78, 5) is 25.2. The highest BCUT2D eigenvalue weighted by Gasteiger charge is 2.31. The first-order chi connectivity index (χ1) is 11.1. The minimum atomic E-state index is -0.465. The summed E-state index contributed by atoms with van der Waals surface area (Å²) >= 11 is 1.23. The van der Waals surface area contributed by atoms with Crippen molar-refractivity contribution in [2.45, 2.75) is 24.3 Å². The highest BCUT2D eigenvalue weighted by Crippen LogP contribution is 2.25. The van der Waals surface area contributed by atoms with Gasteiger partial charge >= 0.3 is 6.03 Å². The maximum absolute atomic E-state index is 12.4. The Bertz CT molecular complexity index is 746. The predicted octanol–water partition coefficient (Wildman–Crippen LogP) is 1.00. The molecule has 1 aliphatic rings. The summed E-state index contributed by atoms with van der Waals surface area (Å²) in [6.45, 7) is 4.60. The van der Waals surface area contributed by atoms with Crippen molar-refractivity contribution < 1.29 is 9.59 Å². The van der Waals surface area contributed by atoms with E-state index in [1.807, 2.05) is 31.2 Å². The van der Waals surface area contributed by atoms with Crippen LogP contribution < -0.4 is 5.32 Å². The van der Waals surface area contributed by atoms with E-state index in [0.29, 0.717) is 18.2 Å². The summed E-state index contributed by atoms with van der Waals surface area (Å²) in [6, 6.07) is 7.38. The van der Waals surface area contributed by atoms with Gasteiger partial charge in [0.1, 0.15) is 0 Å². The largest absolute Gasteiger partial charge is 0.336 e. The molecule has 0 aliphatic carbocycles. The van der Waals surface area contributed by atoms with E-state index in [-0.39, 0.29) is 11.9 Å². The summed E-state index contributed by atoms with van der Waals surface area (Å²) in [5.41, 5.74) is 1.89. The monoisotopic (exact) mass is 332 g/mol. The minimum absolute atomic E-state index is 0.246. The van der Waals surface area contributed by atoms with Crippen molar-refractivity contribution in [1.29, 1.82) is 0 Å². The maximum Gasteiger partial charge on any atom is 0.324 e. The van der Waals surface area contributed by atoms with Gasteiger partial charge in [-0.05, 0) is 35.9 Å². The van der Waals surface area contributed by atoms with Gasteiger partial charge in [-0.15, -0.1) is 5.10 Å². The fourth-order valence-corrected chi connectivity index (χ4v) is 3.18. The average molecular weight is 332 g/mol. The molecule has 0 bridgehead atoms. The number of urea groups is 1. The molecule has 1 atom stereocenters. The molecule has 1 aliphatic heterocycles. The van der Waals surface area contributed by atoms with Crippen LogP contribution in [0.1, 0.15) is 12.5 Å².